The summed E-state index contributed by atoms with van der Waals surface area (Å²) < 4.78 is 1.80. The lowest BCUT2D eigenvalue weighted by molar-refractivity contribution is 0.978. The van der Waals surface area contributed by atoms with E-state index in [1.54, 1.807) is 34.3 Å². The Morgan fingerprint density at radius 1 is 1.40 bits per heavy atom. The van der Waals surface area contributed by atoms with Gasteiger partial charge in [-0.1, -0.05) is 11.6 Å². The first kappa shape index (κ1) is 8.82. The number of rotatable bonds is 1. The monoisotopic (exact) mass is 236 g/mol. The second-order valence-corrected chi connectivity index (χ2v) is 4.20. The van der Waals surface area contributed by atoms with Gasteiger partial charge in [0.25, 0.3) is 0 Å². The molecule has 0 aliphatic rings. The molecule has 6 heteroatoms. The summed E-state index contributed by atoms with van der Waals surface area (Å²) in [6.45, 7) is 0. The third kappa shape index (κ3) is 1.40. The Bertz CT molecular complexity index is 615. The van der Waals surface area contributed by atoms with Gasteiger partial charge in [-0.3, -0.25) is 0 Å². The van der Waals surface area contributed by atoms with E-state index in [-0.39, 0.29) is 0 Å². The maximum atomic E-state index is 5.81. The fourth-order valence-electron chi connectivity index (χ4n) is 1.35. The highest BCUT2D eigenvalue weighted by molar-refractivity contribution is 7.16. The van der Waals surface area contributed by atoms with Crippen LogP contribution in [0.15, 0.2) is 30.0 Å². The van der Waals surface area contributed by atoms with Gasteiger partial charge < -0.3 is 0 Å². The molecule has 15 heavy (non-hydrogen) atoms. The Morgan fingerprint density at radius 2 is 2.33 bits per heavy atom. The van der Waals surface area contributed by atoms with Crippen LogP contribution in [0.2, 0.25) is 5.15 Å². The van der Waals surface area contributed by atoms with Crippen LogP contribution in [0.3, 0.4) is 0 Å². The molecule has 3 aromatic heterocycles. The molecule has 4 nitrogen and oxygen atoms in total. The first-order chi connectivity index (χ1) is 7.34. The minimum atomic E-state index is 0.441. The molecule has 0 radical (unpaired) electrons. The smallest absolute Gasteiger partial charge is 0.165 e. The molecule has 0 N–H and O–H groups in total. The van der Waals surface area contributed by atoms with Gasteiger partial charge in [-0.25, -0.2) is 14.5 Å². The van der Waals surface area contributed by atoms with Gasteiger partial charge in [-0.15, -0.1) is 11.3 Å². The highest BCUT2D eigenvalue weighted by Gasteiger charge is 2.10. The third-order valence-corrected chi connectivity index (χ3v) is 3.09. The van der Waals surface area contributed by atoms with Crippen molar-refractivity contribution in [3.8, 4) is 11.4 Å². The fourth-order valence-corrected chi connectivity index (χ4v) is 2.28. The predicted molar refractivity (Wildman–Crippen MR) is 59.1 cm³/mol. The molecule has 0 saturated carbocycles. The van der Waals surface area contributed by atoms with E-state index in [0.29, 0.717) is 11.0 Å². The third-order valence-electron chi connectivity index (χ3n) is 1.99. The standard InChI is InChI=1S/C9H5ClN4S/c10-7-1-2-11-8(13-7)6-5-12-14-3-4-15-9(6)14/h1-5H. The molecule has 3 rings (SSSR count). The van der Waals surface area contributed by atoms with E-state index in [2.05, 4.69) is 15.1 Å². The van der Waals surface area contributed by atoms with Crippen molar-refractivity contribution in [2.45, 2.75) is 0 Å². The molecule has 0 aliphatic carbocycles. The van der Waals surface area contributed by atoms with Crippen molar-refractivity contribution < 1.29 is 0 Å². The van der Waals surface area contributed by atoms with E-state index in [4.69, 9.17) is 11.6 Å². The summed E-state index contributed by atoms with van der Waals surface area (Å²) in [4.78, 5) is 9.35. The van der Waals surface area contributed by atoms with Gasteiger partial charge >= 0.3 is 0 Å². The zero-order valence-electron chi connectivity index (χ0n) is 7.46. The van der Waals surface area contributed by atoms with Gasteiger partial charge in [0.1, 0.15) is 9.98 Å². The van der Waals surface area contributed by atoms with E-state index < -0.39 is 0 Å². The molecule has 0 aliphatic heterocycles. The molecular weight excluding hydrogens is 232 g/mol. The molecule has 0 amide bonds. The number of halogens is 1. The van der Waals surface area contributed by atoms with Crippen molar-refractivity contribution >= 4 is 27.8 Å². The summed E-state index contributed by atoms with van der Waals surface area (Å²) in [7, 11) is 0. The Balaban J connectivity index is 2.26. The van der Waals surface area contributed by atoms with Crippen molar-refractivity contribution in [3.63, 3.8) is 0 Å². The van der Waals surface area contributed by atoms with Crippen LogP contribution in [0.4, 0.5) is 0 Å². The molecule has 3 heterocycles. The van der Waals surface area contributed by atoms with E-state index in [0.717, 1.165) is 10.4 Å². The highest BCUT2D eigenvalue weighted by Crippen LogP contribution is 2.25. The molecule has 3 aromatic rings. The minimum absolute atomic E-state index is 0.441. The second kappa shape index (κ2) is 3.29. The second-order valence-electron chi connectivity index (χ2n) is 2.91. The summed E-state index contributed by atoms with van der Waals surface area (Å²) in [5.74, 6) is 0.611. The maximum Gasteiger partial charge on any atom is 0.165 e. The first-order valence-electron chi connectivity index (χ1n) is 4.24. The Kier molecular flexibility index (Phi) is 1.93. The largest absolute Gasteiger partial charge is 0.236 e. The molecular formula is C9H5ClN4S. The lowest BCUT2D eigenvalue weighted by Crippen LogP contribution is -1.86. The number of thiazole rings is 1. The summed E-state index contributed by atoms with van der Waals surface area (Å²) in [6, 6.07) is 1.65. The van der Waals surface area contributed by atoms with E-state index in [9.17, 15) is 0 Å². The number of nitrogens with zero attached hydrogens (tertiary/aromatic N) is 4. The highest BCUT2D eigenvalue weighted by atomic mass is 35.5. The van der Waals surface area contributed by atoms with Gasteiger partial charge in [-0.05, 0) is 6.07 Å². The molecule has 0 saturated heterocycles. The van der Waals surface area contributed by atoms with Crippen molar-refractivity contribution in [1.29, 1.82) is 0 Å². The van der Waals surface area contributed by atoms with Crippen LogP contribution in [0.5, 0.6) is 0 Å². The van der Waals surface area contributed by atoms with E-state index in [1.165, 1.54) is 0 Å². The zero-order valence-corrected chi connectivity index (χ0v) is 9.03. The average Bonchev–Trinajstić information content (AvgIpc) is 2.77. The van der Waals surface area contributed by atoms with E-state index in [1.807, 2.05) is 11.6 Å². The van der Waals surface area contributed by atoms with Crippen LogP contribution in [-0.2, 0) is 0 Å². The lowest BCUT2D eigenvalue weighted by Gasteiger charge is -1.95. The number of hydrogen-bond acceptors (Lipinski definition) is 4. The predicted octanol–water partition coefficient (Wildman–Crippen LogP) is 2.51. The molecule has 0 spiro atoms. The fraction of sp³-hybridized carbons (Fsp3) is 0. The van der Waals surface area contributed by atoms with Crippen LogP contribution < -0.4 is 0 Å². The summed E-state index contributed by atoms with van der Waals surface area (Å²) in [5.41, 5.74) is 0.910. The van der Waals surface area contributed by atoms with Crippen LogP contribution in [0.25, 0.3) is 16.2 Å². The minimum Gasteiger partial charge on any atom is -0.236 e. The quantitative estimate of drug-likeness (QED) is 0.610. The normalized spacial score (nSPS) is 11.0. The molecule has 0 atom stereocenters. The van der Waals surface area contributed by atoms with Crippen LogP contribution in [0, 0.1) is 0 Å². The number of fused-ring (bicyclic) bond motifs is 1. The van der Waals surface area contributed by atoms with Gasteiger partial charge in [0.15, 0.2) is 5.82 Å². The van der Waals surface area contributed by atoms with Gasteiger partial charge in [-0.2, -0.15) is 5.10 Å². The molecule has 0 fully saturated rings. The first-order valence-corrected chi connectivity index (χ1v) is 5.50. The Labute approximate surface area is 94.2 Å². The molecule has 74 valence electrons. The van der Waals surface area contributed by atoms with Gasteiger partial charge in [0.05, 0.1) is 11.8 Å². The SMILES string of the molecule is Clc1ccnc(-c2cnn3ccsc23)n1. The van der Waals surface area contributed by atoms with Crippen LogP contribution in [0.1, 0.15) is 0 Å². The van der Waals surface area contributed by atoms with Gasteiger partial charge in [0.2, 0.25) is 0 Å². The maximum absolute atomic E-state index is 5.81. The average molecular weight is 237 g/mol. The van der Waals surface area contributed by atoms with Gasteiger partial charge in [0, 0.05) is 17.8 Å². The zero-order chi connectivity index (χ0) is 10.3. The molecule has 0 bridgehead atoms. The number of hydrogen-bond donors (Lipinski definition) is 0. The Morgan fingerprint density at radius 3 is 3.20 bits per heavy atom. The lowest BCUT2D eigenvalue weighted by atomic mass is 10.3. The topological polar surface area (TPSA) is 43.1 Å². The van der Waals surface area contributed by atoms with Crippen molar-refractivity contribution in [2.75, 3.05) is 0 Å². The summed E-state index contributed by atoms with van der Waals surface area (Å²) in [6.07, 6.45) is 5.29. The Hall–Kier alpha value is -1.46. The van der Waals surface area contributed by atoms with E-state index >= 15 is 0 Å². The molecule has 0 unspecified atom stereocenters. The van der Waals surface area contributed by atoms with Crippen molar-refractivity contribution in [1.82, 2.24) is 19.6 Å². The summed E-state index contributed by atoms with van der Waals surface area (Å²) >= 11 is 7.41. The number of aromatic nitrogens is 4. The molecule has 0 aromatic carbocycles. The van der Waals surface area contributed by atoms with Crippen molar-refractivity contribution in [3.05, 3.63) is 35.2 Å². The summed E-state index contributed by atoms with van der Waals surface area (Å²) in [5, 5.41) is 6.60. The van der Waals surface area contributed by atoms with Crippen molar-refractivity contribution in [2.24, 2.45) is 0 Å². The van der Waals surface area contributed by atoms with Crippen LogP contribution >= 0.6 is 22.9 Å². The van der Waals surface area contributed by atoms with Crippen LogP contribution in [-0.4, -0.2) is 19.6 Å².